The summed E-state index contributed by atoms with van der Waals surface area (Å²) in [5, 5.41) is 12.7. The minimum atomic E-state index is -0.262. The first-order valence-corrected chi connectivity index (χ1v) is 8.19. The number of nitrogens with one attached hydrogen (secondary N) is 1. The van der Waals surface area contributed by atoms with Crippen LogP contribution in [0.4, 0.5) is 5.69 Å². The molecule has 0 saturated carbocycles. The topological polar surface area (TPSA) is 48.3 Å². The van der Waals surface area contributed by atoms with Crippen LogP contribution in [-0.2, 0) is 10.3 Å². The number of likely N-dealkylation sites (N-methyl/N-ethyl adjacent to an activating group) is 1. The molecule has 1 N–H and O–H groups in total. The maximum atomic E-state index is 9.13. The van der Waals surface area contributed by atoms with E-state index in [9.17, 15) is 0 Å². The van der Waals surface area contributed by atoms with Gasteiger partial charge in [-0.05, 0) is 43.0 Å². The molecular formula is C18H23N3O. The average Bonchev–Trinajstić information content (AvgIpc) is 2.94. The zero-order valence-electron chi connectivity index (χ0n) is 13.3. The molecule has 4 nitrogen and oxygen atoms in total. The fourth-order valence-electron chi connectivity index (χ4n) is 5.11. The van der Waals surface area contributed by atoms with Crippen molar-refractivity contribution in [1.29, 1.82) is 5.26 Å². The third kappa shape index (κ3) is 1.76. The molecule has 4 rings (SSSR count). The van der Waals surface area contributed by atoms with E-state index in [1.54, 1.807) is 0 Å². The molecule has 0 bridgehead atoms. The van der Waals surface area contributed by atoms with Gasteiger partial charge in [-0.25, -0.2) is 0 Å². The molecule has 1 aromatic carbocycles. The van der Waals surface area contributed by atoms with Crippen molar-refractivity contribution in [2.24, 2.45) is 5.92 Å². The monoisotopic (exact) mass is 297 g/mol. The minimum Gasteiger partial charge on any atom is -0.384 e. The molecule has 1 saturated heterocycles. The molecule has 22 heavy (non-hydrogen) atoms. The molecule has 0 radical (unpaired) electrons. The summed E-state index contributed by atoms with van der Waals surface area (Å²) in [6, 6.07) is 9.33. The van der Waals surface area contributed by atoms with E-state index in [-0.39, 0.29) is 5.60 Å². The van der Waals surface area contributed by atoms with E-state index in [0.717, 1.165) is 25.9 Å². The molecule has 2 aliphatic heterocycles. The van der Waals surface area contributed by atoms with Gasteiger partial charge in [-0.15, -0.1) is 0 Å². The molecule has 1 aliphatic carbocycles. The van der Waals surface area contributed by atoms with Gasteiger partial charge in [0, 0.05) is 44.3 Å². The lowest BCUT2D eigenvalue weighted by Gasteiger charge is -2.54. The van der Waals surface area contributed by atoms with E-state index < -0.39 is 0 Å². The van der Waals surface area contributed by atoms with E-state index in [2.05, 4.69) is 41.5 Å². The number of benzene rings is 1. The summed E-state index contributed by atoms with van der Waals surface area (Å²) < 4.78 is 6.21. The van der Waals surface area contributed by atoms with Crippen LogP contribution in [0.25, 0.3) is 0 Å². The van der Waals surface area contributed by atoms with Gasteiger partial charge >= 0.3 is 0 Å². The Balaban J connectivity index is 1.85. The fraction of sp³-hybridized carbons (Fsp3) is 0.611. The summed E-state index contributed by atoms with van der Waals surface area (Å²) in [6.07, 6.45) is 2.70. The fourth-order valence-corrected chi connectivity index (χ4v) is 5.11. The van der Waals surface area contributed by atoms with E-state index in [1.165, 1.54) is 16.8 Å². The van der Waals surface area contributed by atoms with Gasteiger partial charge < -0.3 is 10.1 Å². The van der Waals surface area contributed by atoms with Crippen molar-refractivity contribution in [3.05, 3.63) is 29.3 Å². The molecule has 4 atom stereocenters. The van der Waals surface area contributed by atoms with Gasteiger partial charge in [0.1, 0.15) is 5.60 Å². The van der Waals surface area contributed by atoms with E-state index in [0.29, 0.717) is 24.3 Å². The maximum absolute atomic E-state index is 9.13. The van der Waals surface area contributed by atoms with Crippen LogP contribution in [-0.4, -0.2) is 38.2 Å². The van der Waals surface area contributed by atoms with Crippen LogP contribution in [0.2, 0.25) is 0 Å². The van der Waals surface area contributed by atoms with Crippen molar-refractivity contribution in [3.63, 3.8) is 0 Å². The number of hydrogen-bond donors (Lipinski definition) is 1. The van der Waals surface area contributed by atoms with E-state index >= 15 is 0 Å². The molecule has 0 amide bonds. The molecule has 0 aromatic heterocycles. The van der Waals surface area contributed by atoms with Gasteiger partial charge in [0.25, 0.3) is 0 Å². The van der Waals surface area contributed by atoms with Crippen molar-refractivity contribution in [3.8, 4) is 6.07 Å². The highest BCUT2D eigenvalue weighted by Gasteiger charge is 2.54. The van der Waals surface area contributed by atoms with Crippen LogP contribution < -0.4 is 5.32 Å². The first-order chi connectivity index (χ1) is 10.7. The van der Waals surface area contributed by atoms with Crippen LogP contribution in [0.1, 0.15) is 36.3 Å². The molecule has 3 aliphatic rings. The van der Waals surface area contributed by atoms with Gasteiger partial charge in [-0.2, -0.15) is 5.26 Å². The number of nitrogens with zero attached hydrogens (tertiary/aromatic N) is 2. The number of likely N-dealkylation sites (tertiary alicyclic amines) is 1. The number of ether oxygens (including phenoxy) is 1. The molecule has 116 valence electrons. The molecule has 0 spiro atoms. The van der Waals surface area contributed by atoms with Crippen molar-refractivity contribution in [1.82, 2.24) is 4.90 Å². The predicted octanol–water partition coefficient (Wildman–Crippen LogP) is 2.68. The van der Waals surface area contributed by atoms with Crippen molar-refractivity contribution in [2.75, 3.05) is 32.6 Å². The molecule has 4 unspecified atom stereocenters. The Morgan fingerprint density at radius 2 is 2.36 bits per heavy atom. The lowest BCUT2D eigenvalue weighted by Crippen LogP contribution is -2.59. The van der Waals surface area contributed by atoms with Crippen LogP contribution in [0, 0.1) is 17.2 Å². The number of fused-ring (bicyclic) bond motifs is 2. The third-order valence-electron chi connectivity index (χ3n) is 5.97. The van der Waals surface area contributed by atoms with Crippen molar-refractivity contribution < 1.29 is 4.74 Å². The zero-order chi connectivity index (χ0) is 15.3. The number of rotatable bonds is 2. The van der Waals surface area contributed by atoms with Crippen molar-refractivity contribution >= 4 is 5.69 Å². The molecule has 1 aromatic rings. The SMILES string of the molecule is COC12CC(CC#N)CN(C)C1CC1CNc3cccc2c31. The van der Waals surface area contributed by atoms with Crippen LogP contribution in [0.5, 0.6) is 0 Å². The summed E-state index contributed by atoms with van der Waals surface area (Å²) in [7, 11) is 4.04. The smallest absolute Gasteiger partial charge is 0.109 e. The second-order valence-electron chi connectivity index (χ2n) is 7.06. The number of hydrogen-bond acceptors (Lipinski definition) is 4. The molecular weight excluding hydrogens is 274 g/mol. The first kappa shape index (κ1) is 14.0. The average molecular weight is 297 g/mol. The minimum absolute atomic E-state index is 0.262. The standard InChI is InChI=1S/C18H23N3O/c1-21-11-12(6-7-19)9-18(22-2)14-4-3-5-15-17(14)13(10-20-15)8-16(18)21/h3-5,12-13,16,20H,6,8-11H2,1-2H3. The Kier molecular flexibility index (Phi) is 3.18. The number of anilines is 1. The highest BCUT2D eigenvalue weighted by molar-refractivity contribution is 5.63. The van der Waals surface area contributed by atoms with E-state index in [1.807, 2.05) is 7.11 Å². The summed E-state index contributed by atoms with van der Waals surface area (Å²) in [4.78, 5) is 2.43. The first-order valence-electron chi connectivity index (χ1n) is 8.19. The Morgan fingerprint density at radius 1 is 1.50 bits per heavy atom. The van der Waals surface area contributed by atoms with E-state index in [4.69, 9.17) is 10.00 Å². The van der Waals surface area contributed by atoms with Crippen molar-refractivity contribution in [2.45, 2.75) is 36.8 Å². The maximum Gasteiger partial charge on any atom is 0.109 e. The Bertz CT molecular complexity index is 638. The summed E-state index contributed by atoms with van der Waals surface area (Å²) in [5.74, 6) is 0.974. The summed E-state index contributed by atoms with van der Waals surface area (Å²) >= 11 is 0. The zero-order valence-corrected chi connectivity index (χ0v) is 13.3. The highest BCUT2D eigenvalue weighted by Crippen LogP contribution is 2.54. The largest absolute Gasteiger partial charge is 0.384 e. The van der Waals surface area contributed by atoms with Crippen LogP contribution in [0.15, 0.2) is 18.2 Å². The molecule has 4 heteroatoms. The van der Waals surface area contributed by atoms with Crippen LogP contribution in [0.3, 0.4) is 0 Å². The second kappa shape index (κ2) is 4.97. The second-order valence-corrected chi connectivity index (χ2v) is 7.06. The Hall–Kier alpha value is -1.57. The normalized spacial score (nSPS) is 36.1. The number of nitriles is 1. The number of piperidine rings is 1. The lowest BCUT2D eigenvalue weighted by atomic mass is 9.65. The quantitative estimate of drug-likeness (QED) is 0.912. The number of methoxy groups -OCH3 is 1. The van der Waals surface area contributed by atoms with Gasteiger partial charge in [0.15, 0.2) is 0 Å². The highest BCUT2D eigenvalue weighted by atomic mass is 16.5. The van der Waals surface area contributed by atoms with Gasteiger partial charge in [0.2, 0.25) is 0 Å². The van der Waals surface area contributed by atoms with Crippen LogP contribution >= 0.6 is 0 Å². The molecule has 1 fully saturated rings. The van der Waals surface area contributed by atoms with Gasteiger partial charge in [0.05, 0.1) is 6.07 Å². The summed E-state index contributed by atoms with van der Waals surface area (Å²) in [5.41, 5.74) is 3.84. The Labute approximate surface area is 132 Å². The Morgan fingerprint density at radius 3 is 3.14 bits per heavy atom. The van der Waals surface area contributed by atoms with Gasteiger partial charge in [-0.1, -0.05) is 12.1 Å². The molecule has 2 heterocycles. The predicted molar refractivity (Wildman–Crippen MR) is 85.7 cm³/mol. The summed E-state index contributed by atoms with van der Waals surface area (Å²) in [6.45, 7) is 2.04. The third-order valence-corrected chi connectivity index (χ3v) is 5.97. The van der Waals surface area contributed by atoms with Gasteiger partial charge in [-0.3, -0.25) is 4.90 Å². The lowest BCUT2D eigenvalue weighted by molar-refractivity contribution is -0.133.